The maximum Gasteiger partial charge on any atom is 0.178 e. The van der Waals surface area contributed by atoms with Crippen LogP contribution in [0.15, 0.2) is 47.0 Å². The lowest BCUT2D eigenvalue weighted by Gasteiger charge is -2.08. The summed E-state index contributed by atoms with van der Waals surface area (Å²) < 4.78 is 29.5. The molecule has 1 fully saturated rings. The molecular weight excluding hydrogens is 273 g/mol. The van der Waals surface area contributed by atoms with Crippen molar-refractivity contribution in [3.05, 3.63) is 48.3 Å². The fourth-order valence-electron chi connectivity index (χ4n) is 2.24. The Hall–Kier alpha value is -2.40. The maximum atomic E-state index is 13.2. The average molecular weight is 285 g/mol. The second-order valence-electron chi connectivity index (χ2n) is 4.94. The van der Waals surface area contributed by atoms with Gasteiger partial charge in [0.05, 0.1) is 17.6 Å². The highest BCUT2D eigenvalue weighted by molar-refractivity contribution is 5.92. The molecule has 21 heavy (non-hydrogen) atoms. The summed E-state index contributed by atoms with van der Waals surface area (Å²) in [6, 6.07) is 12.0. The minimum atomic E-state index is -0.335. The molecule has 1 saturated heterocycles. The third-order valence-corrected chi connectivity index (χ3v) is 3.40. The first-order valence-corrected chi connectivity index (χ1v) is 6.70. The number of aromatic nitrogens is 1. The summed E-state index contributed by atoms with van der Waals surface area (Å²) >= 11 is 0. The normalized spacial score (nSPS) is 17.1. The van der Waals surface area contributed by atoms with Gasteiger partial charge in [-0.05, 0) is 24.3 Å². The van der Waals surface area contributed by atoms with E-state index in [2.05, 4.69) is 5.16 Å². The van der Waals surface area contributed by atoms with Gasteiger partial charge in [-0.2, -0.15) is 0 Å². The van der Waals surface area contributed by atoms with Crippen molar-refractivity contribution in [3.63, 3.8) is 0 Å². The molecule has 1 aromatic heterocycles. The van der Waals surface area contributed by atoms with Crippen LogP contribution in [-0.2, 0) is 4.74 Å². The van der Waals surface area contributed by atoms with Crippen LogP contribution in [0.3, 0.4) is 0 Å². The molecule has 106 valence electrons. The van der Waals surface area contributed by atoms with E-state index in [0.29, 0.717) is 23.6 Å². The van der Waals surface area contributed by atoms with Crippen LogP contribution < -0.4 is 4.74 Å². The zero-order valence-electron chi connectivity index (χ0n) is 11.1. The topological polar surface area (TPSA) is 47.8 Å². The number of ether oxygens (including phenoxy) is 2. The Morgan fingerprint density at radius 3 is 2.95 bits per heavy atom. The molecular formula is C16H12FNO3. The smallest absolute Gasteiger partial charge is 0.178 e. The van der Waals surface area contributed by atoms with Gasteiger partial charge >= 0.3 is 0 Å². The number of nitrogens with zero attached hydrogens (tertiary/aromatic N) is 1. The molecule has 0 amide bonds. The van der Waals surface area contributed by atoms with Gasteiger partial charge < -0.3 is 14.0 Å². The van der Waals surface area contributed by atoms with Crippen LogP contribution in [0.4, 0.5) is 4.39 Å². The number of fused-ring (bicyclic) bond motifs is 1. The van der Waals surface area contributed by atoms with E-state index in [9.17, 15) is 4.39 Å². The molecule has 5 heteroatoms. The van der Waals surface area contributed by atoms with Gasteiger partial charge in [0.1, 0.15) is 29.8 Å². The summed E-state index contributed by atoms with van der Waals surface area (Å²) in [5.74, 6) is 0.949. The van der Waals surface area contributed by atoms with E-state index in [1.54, 1.807) is 6.07 Å². The summed E-state index contributed by atoms with van der Waals surface area (Å²) in [7, 11) is 0. The second kappa shape index (κ2) is 4.86. The fourth-order valence-corrected chi connectivity index (χ4v) is 2.24. The van der Waals surface area contributed by atoms with Crippen LogP contribution >= 0.6 is 0 Å². The predicted octanol–water partition coefficient (Wildman–Crippen LogP) is 3.41. The van der Waals surface area contributed by atoms with Crippen molar-refractivity contribution < 1.29 is 18.4 Å². The van der Waals surface area contributed by atoms with Gasteiger partial charge in [-0.15, -0.1) is 0 Å². The average Bonchev–Trinajstić information content (AvgIpc) is 3.24. The lowest BCUT2D eigenvalue weighted by Crippen LogP contribution is -2.04. The van der Waals surface area contributed by atoms with Crippen LogP contribution in [0.5, 0.6) is 5.75 Å². The van der Waals surface area contributed by atoms with Crippen molar-refractivity contribution in [1.82, 2.24) is 5.16 Å². The number of hydrogen-bond acceptors (Lipinski definition) is 4. The molecule has 2 aromatic carbocycles. The number of benzene rings is 2. The Morgan fingerprint density at radius 2 is 2.10 bits per heavy atom. The van der Waals surface area contributed by atoms with Crippen molar-refractivity contribution >= 4 is 10.9 Å². The predicted molar refractivity (Wildman–Crippen MR) is 74.6 cm³/mol. The van der Waals surface area contributed by atoms with Crippen LogP contribution in [0.25, 0.3) is 22.2 Å². The summed E-state index contributed by atoms with van der Waals surface area (Å²) in [6.45, 7) is 1.25. The van der Waals surface area contributed by atoms with Crippen molar-refractivity contribution in [1.29, 1.82) is 0 Å². The first kappa shape index (κ1) is 12.3. The maximum absolute atomic E-state index is 13.2. The van der Waals surface area contributed by atoms with Gasteiger partial charge in [-0.1, -0.05) is 17.3 Å². The zero-order valence-corrected chi connectivity index (χ0v) is 11.1. The molecule has 4 nitrogen and oxygen atoms in total. The first-order valence-electron chi connectivity index (χ1n) is 6.70. The van der Waals surface area contributed by atoms with Gasteiger partial charge in [-0.25, -0.2) is 4.39 Å². The third kappa shape index (κ3) is 2.36. The van der Waals surface area contributed by atoms with Gasteiger partial charge in [0.25, 0.3) is 0 Å². The minimum absolute atomic E-state index is 0.179. The first-order chi connectivity index (χ1) is 10.3. The quantitative estimate of drug-likeness (QED) is 0.689. The van der Waals surface area contributed by atoms with E-state index in [1.807, 2.05) is 24.3 Å². The Kier molecular flexibility index (Phi) is 2.86. The molecule has 0 spiro atoms. The SMILES string of the molecule is Fc1ccc2c(-c3ccccc3OCC3CO3)onc2c1. The van der Waals surface area contributed by atoms with Crippen molar-refractivity contribution in [3.8, 4) is 17.1 Å². The molecule has 1 aliphatic heterocycles. The van der Waals surface area contributed by atoms with Gasteiger partial charge in [-0.3, -0.25) is 0 Å². The number of halogens is 1. The Morgan fingerprint density at radius 1 is 1.24 bits per heavy atom. The number of hydrogen-bond donors (Lipinski definition) is 0. The van der Waals surface area contributed by atoms with E-state index >= 15 is 0 Å². The molecule has 4 rings (SSSR count). The molecule has 3 aromatic rings. The largest absolute Gasteiger partial charge is 0.490 e. The Labute approximate surface area is 120 Å². The molecule has 0 radical (unpaired) electrons. The van der Waals surface area contributed by atoms with Crippen molar-refractivity contribution in [2.75, 3.05) is 13.2 Å². The second-order valence-corrected chi connectivity index (χ2v) is 4.94. The van der Waals surface area contributed by atoms with E-state index in [4.69, 9.17) is 14.0 Å². The van der Waals surface area contributed by atoms with Crippen LogP contribution in [0, 0.1) is 5.82 Å². The van der Waals surface area contributed by atoms with Crippen molar-refractivity contribution in [2.45, 2.75) is 6.10 Å². The summed E-state index contributed by atoms with van der Waals surface area (Å²) in [4.78, 5) is 0. The number of rotatable bonds is 4. The lowest BCUT2D eigenvalue weighted by molar-refractivity contribution is 0.263. The molecule has 0 aliphatic carbocycles. The van der Waals surface area contributed by atoms with Gasteiger partial charge in [0.2, 0.25) is 0 Å². The Bertz CT molecular complexity index is 795. The van der Waals surface area contributed by atoms with E-state index in [-0.39, 0.29) is 11.9 Å². The molecule has 1 atom stereocenters. The molecule has 0 bridgehead atoms. The fraction of sp³-hybridized carbons (Fsp3) is 0.188. The van der Waals surface area contributed by atoms with Gasteiger partial charge in [0.15, 0.2) is 5.76 Å². The lowest BCUT2D eigenvalue weighted by atomic mass is 10.1. The van der Waals surface area contributed by atoms with Gasteiger partial charge in [0, 0.05) is 6.07 Å². The summed E-state index contributed by atoms with van der Waals surface area (Å²) in [6.07, 6.45) is 0.179. The van der Waals surface area contributed by atoms with Crippen molar-refractivity contribution in [2.24, 2.45) is 0 Å². The monoisotopic (exact) mass is 285 g/mol. The molecule has 1 unspecified atom stereocenters. The van der Waals surface area contributed by atoms with Crippen LogP contribution in [0.1, 0.15) is 0 Å². The summed E-state index contributed by atoms with van der Waals surface area (Å²) in [5.41, 5.74) is 1.29. The molecule has 1 aliphatic rings. The minimum Gasteiger partial charge on any atom is -0.490 e. The standard InChI is InChI=1S/C16H12FNO3/c17-10-5-6-12-14(7-10)18-21-16(12)13-3-1-2-4-15(13)20-9-11-8-19-11/h1-7,11H,8-9H2. The van der Waals surface area contributed by atoms with E-state index < -0.39 is 0 Å². The summed E-state index contributed by atoms with van der Waals surface area (Å²) in [5, 5.41) is 4.67. The highest BCUT2D eigenvalue weighted by atomic mass is 19.1. The number of epoxide rings is 1. The number of para-hydroxylation sites is 1. The third-order valence-electron chi connectivity index (χ3n) is 3.40. The van der Waals surface area contributed by atoms with E-state index in [1.165, 1.54) is 12.1 Å². The molecule has 0 saturated carbocycles. The van der Waals surface area contributed by atoms with E-state index in [0.717, 1.165) is 17.6 Å². The van der Waals surface area contributed by atoms with Crippen LogP contribution in [-0.4, -0.2) is 24.5 Å². The zero-order chi connectivity index (χ0) is 14.2. The highest BCUT2D eigenvalue weighted by Gasteiger charge is 2.24. The molecule has 2 heterocycles. The Balaban J connectivity index is 1.76. The van der Waals surface area contributed by atoms with Crippen LogP contribution in [0.2, 0.25) is 0 Å². The highest BCUT2D eigenvalue weighted by Crippen LogP contribution is 2.35. The molecule has 0 N–H and O–H groups in total.